The summed E-state index contributed by atoms with van der Waals surface area (Å²) in [5.41, 5.74) is -0.123. The molecular formula is C26H19Cl2F3NNaO5. The first-order chi connectivity index (χ1) is 17.5. The second-order valence-corrected chi connectivity index (χ2v) is 9.10. The van der Waals surface area contributed by atoms with Crippen molar-refractivity contribution in [2.75, 3.05) is 13.2 Å². The van der Waals surface area contributed by atoms with Gasteiger partial charge in [-0.1, -0.05) is 29.3 Å². The molecule has 1 atom stereocenters. The second kappa shape index (κ2) is 12.6. The van der Waals surface area contributed by atoms with E-state index in [0.717, 1.165) is 6.07 Å². The topological polar surface area (TPSA) is 87.7 Å². The van der Waals surface area contributed by atoms with E-state index >= 15 is 0 Å². The van der Waals surface area contributed by atoms with Crippen molar-refractivity contribution in [2.24, 2.45) is 0 Å². The van der Waals surface area contributed by atoms with Gasteiger partial charge in [0.15, 0.2) is 0 Å². The SMILES string of the molecule is O=C(NCCc1ccc(Cl)cc1C(F)(F)F)c1ccc(Oc2cc3c(cc2Cl)C(C(=O)[O-])CCO3)cc1.[Na+]. The summed E-state index contributed by atoms with van der Waals surface area (Å²) in [6, 6.07) is 12.5. The van der Waals surface area contributed by atoms with Crippen LogP contribution in [0.2, 0.25) is 10.0 Å². The molecule has 3 aromatic carbocycles. The van der Waals surface area contributed by atoms with E-state index in [1.165, 1.54) is 48.5 Å². The standard InChI is InChI=1S/C26H20Cl2F3NO5.Na/c27-16-4-1-14(20(11-16)26(29,30)31)7-9-32-24(33)15-2-5-17(6-3-15)37-23-13-22-19(12-21(23)28)18(25(34)35)8-10-36-22;/h1-6,11-13,18H,7-10H2,(H,32,33)(H,34,35);/q;+1/p-1. The molecule has 1 unspecified atom stereocenters. The Bertz CT molecular complexity index is 1340. The Morgan fingerprint density at radius 3 is 2.45 bits per heavy atom. The molecule has 0 spiro atoms. The van der Waals surface area contributed by atoms with Gasteiger partial charge in [0.05, 0.1) is 17.2 Å². The predicted molar refractivity (Wildman–Crippen MR) is 128 cm³/mol. The molecule has 38 heavy (non-hydrogen) atoms. The average Bonchev–Trinajstić information content (AvgIpc) is 2.84. The quantitative estimate of drug-likeness (QED) is 0.437. The summed E-state index contributed by atoms with van der Waals surface area (Å²) in [6.45, 7) is 0.200. The van der Waals surface area contributed by atoms with Crippen LogP contribution in [0.25, 0.3) is 0 Å². The number of nitrogens with one attached hydrogen (secondary N) is 1. The summed E-state index contributed by atoms with van der Waals surface area (Å²) in [4.78, 5) is 23.8. The molecule has 1 amide bonds. The number of hydrogen-bond acceptors (Lipinski definition) is 5. The Balaban J connectivity index is 0.00000400. The van der Waals surface area contributed by atoms with Gasteiger partial charge in [-0.25, -0.2) is 0 Å². The Kier molecular flexibility index (Phi) is 10.00. The van der Waals surface area contributed by atoms with Gasteiger partial charge in [-0.15, -0.1) is 0 Å². The third-order valence-corrected chi connectivity index (χ3v) is 6.32. The maximum absolute atomic E-state index is 13.2. The van der Waals surface area contributed by atoms with Gasteiger partial charge in [-0.3, -0.25) is 4.79 Å². The van der Waals surface area contributed by atoms with Crippen molar-refractivity contribution in [3.63, 3.8) is 0 Å². The summed E-state index contributed by atoms with van der Waals surface area (Å²) in [5, 5.41) is 14.1. The van der Waals surface area contributed by atoms with Crippen LogP contribution in [-0.4, -0.2) is 25.0 Å². The van der Waals surface area contributed by atoms with Crippen LogP contribution in [0.1, 0.15) is 39.4 Å². The van der Waals surface area contributed by atoms with Crippen LogP contribution in [0.3, 0.4) is 0 Å². The summed E-state index contributed by atoms with van der Waals surface area (Å²) in [5.74, 6) is -1.58. The third-order valence-electron chi connectivity index (χ3n) is 5.79. The molecule has 1 aliphatic rings. The Hall–Kier alpha value is -2.43. The molecule has 3 aromatic rings. The van der Waals surface area contributed by atoms with Crippen LogP contribution in [0.15, 0.2) is 54.6 Å². The van der Waals surface area contributed by atoms with E-state index in [-0.39, 0.29) is 82.5 Å². The van der Waals surface area contributed by atoms with E-state index in [4.69, 9.17) is 32.7 Å². The van der Waals surface area contributed by atoms with Crippen LogP contribution in [0.5, 0.6) is 17.2 Å². The fraction of sp³-hybridized carbons (Fsp3) is 0.231. The molecule has 0 saturated carbocycles. The molecule has 1 aliphatic heterocycles. The van der Waals surface area contributed by atoms with Gasteiger partial charge in [0, 0.05) is 40.6 Å². The number of aliphatic carboxylic acids is 1. The van der Waals surface area contributed by atoms with Crippen LogP contribution in [0.4, 0.5) is 13.2 Å². The number of halogens is 5. The fourth-order valence-corrected chi connectivity index (χ4v) is 4.34. The maximum atomic E-state index is 13.2. The van der Waals surface area contributed by atoms with Crippen molar-refractivity contribution < 1.29 is 66.9 Å². The molecule has 6 nitrogen and oxygen atoms in total. The first-order valence-electron chi connectivity index (χ1n) is 11.1. The fourth-order valence-electron chi connectivity index (χ4n) is 3.96. The van der Waals surface area contributed by atoms with Crippen LogP contribution in [-0.2, 0) is 17.4 Å². The summed E-state index contributed by atoms with van der Waals surface area (Å²) >= 11 is 12.0. The minimum absolute atomic E-state index is 0. The Labute approximate surface area is 248 Å². The van der Waals surface area contributed by atoms with Crippen molar-refractivity contribution in [3.05, 3.63) is 86.9 Å². The average molecular weight is 576 g/mol. The van der Waals surface area contributed by atoms with Gasteiger partial charge in [-0.05, 0) is 60.9 Å². The maximum Gasteiger partial charge on any atom is 1.00 e. The van der Waals surface area contributed by atoms with Gasteiger partial charge in [-0.2, -0.15) is 13.2 Å². The van der Waals surface area contributed by atoms with Crippen molar-refractivity contribution in [1.82, 2.24) is 5.32 Å². The first kappa shape index (κ1) is 30.1. The van der Waals surface area contributed by atoms with Crippen molar-refractivity contribution >= 4 is 35.1 Å². The summed E-state index contributed by atoms with van der Waals surface area (Å²) in [6.07, 6.45) is -4.31. The number of carbonyl (C=O) groups is 2. The zero-order chi connectivity index (χ0) is 26.7. The third kappa shape index (κ3) is 7.15. The van der Waals surface area contributed by atoms with Crippen LogP contribution >= 0.6 is 23.2 Å². The molecule has 1 N–H and O–H groups in total. The number of hydrogen-bond donors (Lipinski definition) is 1. The van der Waals surface area contributed by atoms with E-state index in [0.29, 0.717) is 17.1 Å². The normalized spacial score (nSPS) is 14.5. The monoisotopic (exact) mass is 575 g/mol. The molecule has 194 valence electrons. The van der Waals surface area contributed by atoms with Gasteiger partial charge >= 0.3 is 35.7 Å². The molecular weight excluding hydrogens is 557 g/mol. The number of ether oxygens (including phenoxy) is 2. The van der Waals surface area contributed by atoms with E-state index in [1.54, 1.807) is 0 Å². The molecule has 0 aromatic heterocycles. The van der Waals surface area contributed by atoms with Crippen molar-refractivity contribution in [2.45, 2.75) is 24.9 Å². The number of carboxylic acid groups (broad SMARTS) is 1. The van der Waals surface area contributed by atoms with E-state index in [2.05, 4.69) is 5.32 Å². The molecule has 4 rings (SSSR count). The number of rotatable bonds is 7. The van der Waals surface area contributed by atoms with Gasteiger partial charge in [0.1, 0.15) is 17.2 Å². The molecule has 0 fully saturated rings. The number of carboxylic acids is 1. The number of carbonyl (C=O) groups excluding carboxylic acids is 2. The summed E-state index contributed by atoms with van der Waals surface area (Å²) in [7, 11) is 0. The molecule has 12 heteroatoms. The molecule has 0 bridgehead atoms. The molecule has 0 radical (unpaired) electrons. The number of fused-ring (bicyclic) bond motifs is 1. The smallest absolute Gasteiger partial charge is 0.549 e. The van der Waals surface area contributed by atoms with E-state index < -0.39 is 29.5 Å². The van der Waals surface area contributed by atoms with Crippen molar-refractivity contribution in [3.8, 4) is 17.2 Å². The summed E-state index contributed by atoms with van der Waals surface area (Å²) < 4.78 is 51.0. The number of amides is 1. The van der Waals surface area contributed by atoms with Crippen LogP contribution < -0.4 is 49.5 Å². The van der Waals surface area contributed by atoms with Gasteiger partial charge < -0.3 is 24.7 Å². The van der Waals surface area contributed by atoms with Crippen molar-refractivity contribution in [1.29, 1.82) is 0 Å². The van der Waals surface area contributed by atoms with Gasteiger partial charge in [0.2, 0.25) is 0 Å². The molecule has 1 heterocycles. The van der Waals surface area contributed by atoms with E-state index in [1.807, 2.05) is 0 Å². The Morgan fingerprint density at radius 2 is 1.79 bits per heavy atom. The minimum Gasteiger partial charge on any atom is -0.549 e. The predicted octanol–water partition coefficient (Wildman–Crippen LogP) is 2.40. The first-order valence-corrected chi connectivity index (χ1v) is 11.9. The zero-order valence-corrected chi connectivity index (χ0v) is 23.5. The minimum atomic E-state index is -4.55. The second-order valence-electron chi connectivity index (χ2n) is 8.26. The number of benzene rings is 3. The van der Waals surface area contributed by atoms with Crippen LogP contribution in [0, 0.1) is 0 Å². The van der Waals surface area contributed by atoms with E-state index in [9.17, 15) is 27.9 Å². The molecule has 0 saturated heterocycles. The molecule has 0 aliphatic carbocycles. The van der Waals surface area contributed by atoms with Gasteiger partial charge in [0.25, 0.3) is 5.91 Å². The Morgan fingerprint density at radius 1 is 1.08 bits per heavy atom. The zero-order valence-electron chi connectivity index (χ0n) is 20.0. The largest absolute Gasteiger partial charge is 1.00 e. The number of alkyl halides is 3.